The first-order chi connectivity index (χ1) is 47.7. The Morgan fingerprint density at radius 2 is 1.17 bits per heavy atom. The van der Waals surface area contributed by atoms with Crippen molar-refractivity contribution in [2.45, 2.75) is 313 Å². The van der Waals surface area contributed by atoms with Crippen molar-refractivity contribution < 1.29 is 80.4 Å². The molecule has 100 heavy (non-hydrogen) atoms. The number of esters is 2. The molecule has 5 heterocycles. The van der Waals surface area contributed by atoms with Crippen molar-refractivity contribution in [3.8, 4) is 0 Å². The number of ether oxygens (including phenoxy) is 11. The van der Waals surface area contributed by atoms with E-state index in [1.54, 1.807) is 13.2 Å². The molecule has 18 nitrogen and oxygen atoms in total. The van der Waals surface area contributed by atoms with E-state index >= 15 is 4.79 Å². The third-order valence-electron chi connectivity index (χ3n) is 23.4. The van der Waals surface area contributed by atoms with Gasteiger partial charge in [-0.1, -0.05) is 232 Å². The van der Waals surface area contributed by atoms with Crippen molar-refractivity contribution in [2.24, 2.45) is 23.7 Å². The first kappa shape index (κ1) is 86.7. The third-order valence-corrected chi connectivity index (χ3v) is 41.0. The minimum Gasteiger partial charge on any atom is -0.462 e. The van der Waals surface area contributed by atoms with Crippen LogP contribution in [-0.4, -0.2) is 167 Å². The number of hydrogen-bond donors (Lipinski definition) is 2. The SMILES string of the molecule is C=CCOC(=O)N[C@@H]1[C@@H](O)[C@H](O[C@H]2/C=C/C=C/C=C/C=C/C=C/C=C/C=C/C(C)[C@@H](C)[C@@H](C)[C@H](C)OC(=O)C[C@H]3C[C@@H](CC[C@@H](O[Si](CC)(CC)C(C)C)[C@H]4C[C@@H](C[C@]5(OC)C[C@H](O[Si](CC)(CC)C(C)C)[C@@H](C(=O)OCC=C)C(C2)O5)OCO4)OCO3)O[C@H](C)[C@H]1[Si](CC)(CC)C(C)C. The molecule has 5 aliphatic rings. The second-order valence-corrected chi connectivity index (χ2v) is 45.2. The van der Waals surface area contributed by atoms with Gasteiger partial charge in [-0.15, -0.1) is 0 Å². The number of aliphatic hydroxyl groups is 1. The summed E-state index contributed by atoms with van der Waals surface area (Å²) >= 11 is 0. The summed E-state index contributed by atoms with van der Waals surface area (Å²) in [7, 11) is -5.68. The van der Waals surface area contributed by atoms with Crippen LogP contribution in [0.4, 0.5) is 4.79 Å². The van der Waals surface area contributed by atoms with Crippen LogP contribution >= 0.6 is 0 Å². The monoisotopic (exact) mass is 1450 g/mol. The largest absolute Gasteiger partial charge is 0.462 e. The molecule has 0 saturated carbocycles. The summed E-state index contributed by atoms with van der Waals surface area (Å²) < 4.78 is 87.2. The maximum atomic E-state index is 15.2. The molecule has 0 aromatic heterocycles. The fourth-order valence-corrected chi connectivity index (χ4v) is 29.4. The van der Waals surface area contributed by atoms with E-state index in [0.29, 0.717) is 31.2 Å². The molecule has 0 radical (unpaired) electrons. The fourth-order valence-electron chi connectivity index (χ4n) is 16.3. The molecule has 0 aliphatic carbocycles. The summed E-state index contributed by atoms with van der Waals surface area (Å²) in [6.45, 7) is 44.9. The van der Waals surface area contributed by atoms with E-state index < -0.39 is 97.4 Å². The Kier molecular flexibility index (Phi) is 37.2. The van der Waals surface area contributed by atoms with Gasteiger partial charge in [-0.05, 0) is 79.7 Å². The van der Waals surface area contributed by atoms with Crippen molar-refractivity contribution in [1.82, 2.24) is 5.32 Å². The molecule has 5 rings (SSSR count). The number of carbonyl (C=O) groups excluding carboxylic acids is 3. The molecule has 2 unspecified atom stereocenters. The number of hydrogen-bond acceptors (Lipinski definition) is 17. The molecule has 5 aliphatic heterocycles. The van der Waals surface area contributed by atoms with E-state index in [2.05, 4.69) is 134 Å². The lowest BCUT2D eigenvalue weighted by molar-refractivity contribution is -0.322. The maximum Gasteiger partial charge on any atom is 0.407 e. The smallest absolute Gasteiger partial charge is 0.407 e. The lowest BCUT2D eigenvalue weighted by Gasteiger charge is -2.53. The topological polar surface area (TPSA) is 203 Å². The van der Waals surface area contributed by atoms with Crippen LogP contribution in [0.25, 0.3) is 0 Å². The standard InChI is InChI=1S/C79H133NO17Si3/c1-21-45-86-76(83)72-69-48-64(94-77-74(82)73(80-78(84)87-46-22-2)75(62(19)93-77)98(23-3,24-4)55(9)10)42-40-38-36-34-32-30-29-31-33-35-37-39-41-58(15)59(16)60(17)61(18)92-71(81)50-65-47-63(88-53-89-65)43-44-67(96-99(25-5,26-6)56(11)12)68-49-66(90-54-91-68)51-79(85-20,95-69)52-70(72)97-100(27-7,28-8)57(13)14/h21-22,29-42,55-70,72-75,77,82H,1-2,23-28,43-54H2,3-20H3,(H,80,84)/b30-29+,33-31+,34-32+,37-35+,38-36+,41-39+,42-40+/t58?,59-,60-,61+,62-,63-,64+,65-,66+,67-,68-,69?,70+,72+,73-,74-,75-,77+,79-/m1/s1. The van der Waals surface area contributed by atoms with Crippen LogP contribution in [0.1, 0.15) is 169 Å². The summed E-state index contributed by atoms with van der Waals surface area (Å²) in [5, 5.41) is 16.0. The van der Waals surface area contributed by atoms with Gasteiger partial charge in [0.15, 0.2) is 28.7 Å². The Balaban J connectivity index is 1.68. The van der Waals surface area contributed by atoms with Gasteiger partial charge in [-0.3, -0.25) is 9.59 Å². The molecule has 4 saturated heterocycles. The van der Waals surface area contributed by atoms with Crippen LogP contribution in [0.15, 0.2) is 110 Å². The Labute approximate surface area is 606 Å². The van der Waals surface area contributed by atoms with Gasteiger partial charge in [0.2, 0.25) is 0 Å². The number of cyclic esters (lactones) is 1. The Bertz CT molecular complexity index is 2690. The summed E-state index contributed by atoms with van der Waals surface area (Å²) in [6.07, 6.45) is 25.0. The Morgan fingerprint density at radius 1 is 0.630 bits per heavy atom. The van der Waals surface area contributed by atoms with Crippen molar-refractivity contribution in [3.05, 3.63) is 110 Å². The molecule has 0 aromatic rings. The highest BCUT2D eigenvalue weighted by atomic mass is 28.4. The van der Waals surface area contributed by atoms with Gasteiger partial charge >= 0.3 is 18.0 Å². The molecule has 2 N–H and O–H groups in total. The van der Waals surface area contributed by atoms with Gasteiger partial charge in [-0.25, -0.2) is 4.79 Å². The number of nitrogens with one attached hydrogen (secondary N) is 1. The minimum atomic E-state index is -2.63. The molecule has 568 valence electrons. The van der Waals surface area contributed by atoms with Crippen LogP contribution in [0.5, 0.6) is 0 Å². The zero-order valence-electron chi connectivity index (χ0n) is 64.5. The van der Waals surface area contributed by atoms with Crippen LogP contribution in [0, 0.1) is 23.7 Å². The van der Waals surface area contributed by atoms with Crippen LogP contribution in [-0.2, 0) is 70.5 Å². The molecule has 1 amide bonds. The number of alkyl carbamates (subject to hydrolysis) is 1. The number of amides is 1. The molecule has 4 fully saturated rings. The highest BCUT2D eigenvalue weighted by Gasteiger charge is 2.58. The molecule has 19 atom stereocenters. The maximum absolute atomic E-state index is 15.2. The average molecular weight is 1450 g/mol. The second kappa shape index (κ2) is 42.9. The van der Waals surface area contributed by atoms with Gasteiger partial charge in [0.1, 0.15) is 44.9 Å². The van der Waals surface area contributed by atoms with E-state index in [9.17, 15) is 14.7 Å². The Morgan fingerprint density at radius 3 is 1.72 bits per heavy atom. The van der Waals surface area contributed by atoms with Crippen molar-refractivity contribution >= 4 is 42.7 Å². The molecule has 0 spiro atoms. The van der Waals surface area contributed by atoms with Gasteiger partial charge in [-0.2, -0.15) is 0 Å². The number of allylic oxidation sites excluding steroid dienone is 13. The predicted octanol–water partition coefficient (Wildman–Crippen LogP) is 17.0. The lowest BCUT2D eigenvalue weighted by atomic mass is 9.82. The summed E-state index contributed by atoms with van der Waals surface area (Å²) in [5.41, 5.74) is 0.568. The van der Waals surface area contributed by atoms with Gasteiger partial charge in [0.25, 0.3) is 0 Å². The van der Waals surface area contributed by atoms with Crippen molar-refractivity contribution in [1.29, 1.82) is 0 Å². The molecule has 0 aromatic carbocycles. The van der Waals surface area contributed by atoms with Gasteiger partial charge < -0.3 is 71.4 Å². The number of rotatable bonds is 23. The zero-order valence-corrected chi connectivity index (χ0v) is 67.5. The normalized spacial score (nSPS) is 35.3. The average Bonchev–Trinajstić information content (AvgIpc) is 0.760. The van der Waals surface area contributed by atoms with Crippen LogP contribution < -0.4 is 5.32 Å². The van der Waals surface area contributed by atoms with E-state index in [0.717, 1.165) is 36.3 Å². The number of methoxy groups -OCH3 is 1. The van der Waals surface area contributed by atoms with Gasteiger partial charge in [0, 0.05) is 44.8 Å². The molecular formula is C79H133NO17Si3. The fraction of sp³-hybridized carbons (Fsp3) is 0.734. The van der Waals surface area contributed by atoms with Gasteiger partial charge in [0.05, 0.1) is 75.5 Å². The third kappa shape index (κ3) is 24.1. The van der Waals surface area contributed by atoms with Crippen LogP contribution in [0.3, 0.4) is 0 Å². The number of fused-ring (bicyclic) bond motifs is 6. The first-order valence-corrected chi connectivity index (χ1v) is 45.4. The quantitative estimate of drug-likeness (QED) is 0.0423. The van der Waals surface area contributed by atoms with E-state index in [4.69, 9.17) is 61.0 Å². The highest BCUT2D eigenvalue weighted by molar-refractivity contribution is 6.82. The molecular weight excluding hydrogens is 1320 g/mol. The predicted molar refractivity (Wildman–Crippen MR) is 405 cm³/mol. The Hall–Kier alpha value is -3.92. The van der Waals surface area contributed by atoms with E-state index in [-0.39, 0.29) is 123 Å². The van der Waals surface area contributed by atoms with E-state index in [1.165, 1.54) is 6.08 Å². The minimum absolute atomic E-state index is 0.00201. The highest BCUT2D eigenvalue weighted by Crippen LogP contribution is 2.50. The van der Waals surface area contributed by atoms with Crippen molar-refractivity contribution in [3.63, 3.8) is 0 Å². The zero-order chi connectivity index (χ0) is 73.8. The summed E-state index contributed by atoms with van der Waals surface area (Å²) in [5.74, 6) is -2.59. The van der Waals surface area contributed by atoms with Crippen molar-refractivity contribution in [2.75, 3.05) is 33.9 Å². The number of carbonyl (C=O) groups is 3. The molecule has 21 heteroatoms. The molecule has 6 bridgehead atoms. The van der Waals surface area contributed by atoms with Crippen LogP contribution in [0.2, 0.25) is 58.4 Å². The summed E-state index contributed by atoms with van der Waals surface area (Å²) in [4.78, 5) is 42.6. The lowest BCUT2D eigenvalue weighted by Crippen LogP contribution is -2.66. The first-order valence-electron chi connectivity index (χ1n) is 38.0. The van der Waals surface area contributed by atoms with E-state index in [1.807, 2.05) is 86.8 Å². The summed E-state index contributed by atoms with van der Waals surface area (Å²) in [6, 6.07) is 4.44. The second-order valence-electron chi connectivity index (χ2n) is 29.6. The number of aliphatic hydroxyl groups excluding tert-OH is 1.